The van der Waals surface area contributed by atoms with E-state index in [0.29, 0.717) is 19.7 Å². The molecule has 0 aliphatic carbocycles. The highest BCUT2D eigenvalue weighted by Gasteiger charge is 2.28. The van der Waals surface area contributed by atoms with Gasteiger partial charge >= 0.3 is 0 Å². The number of nitrogens with zero attached hydrogens (tertiary/aromatic N) is 4. The maximum atomic E-state index is 13.5. The summed E-state index contributed by atoms with van der Waals surface area (Å²) < 4.78 is 12.6. The van der Waals surface area contributed by atoms with Crippen LogP contribution in [0.1, 0.15) is 57.9 Å². The number of carbonyl (C=O) groups excluding carboxylic acids is 2. The Morgan fingerprint density at radius 1 is 1.00 bits per heavy atom. The number of rotatable bonds is 13. The van der Waals surface area contributed by atoms with Crippen molar-refractivity contribution in [1.29, 1.82) is 0 Å². The zero-order chi connectivity index (χ0) is 27.6. The Bertz CT molecular complexity index is 1260. The van der Waals surface area contributed by atoms with E-state index < -0.39 is 0 Å². The van der Waals surface area contributed by atoms with E-state index in [1.807, 2.05) is 69.4 Å². The van der Waals surface area contributed by atoms with Crippen LogP contribution in [0.4, 0.5) is 5.69 Å². The van der Waals surface area contributed by atoms with Gasteiger partial charge in [-0.1, -0.05) is 60.5 Å². The maximum Gasteiger partial charge on any atom is 0.227 e. The van der Waals surface area contributed by atoms with Crippen LogP contribution in [0.3, 0.4) is 0 Å². The Labute approximate surface area is 232 Å². The van der Waals surface area contributed by atoms with E-state index >= 15 is 0 Å². The van der Waals surface area contributed by atoms with Gasteiger partial charge in [0.1, 0.15) is 5.69 Å². The van der Waals surface area contributed by atoms with Crippen LogP contribution in [0.25, 0.3) is 22.5 Å². The lowest BCUT2D eigenvalue weighted by Crippen LogP contribution is -2.33. The Hall–Kier alpha value is -3.13. The average molecular weight is 552 g/mol. The minimum atomic E-state index is -0.101. The van der Waals surface area contributed by atoms with E-state index in [0.717, 1.165) is 59.4 Å². The van der Waals surface area contributed by atoms with Crippen molar-refractivity contribution in [2.75, 3.05) is 18.1 Å². The minimum Gasteiger partial charge on any atom is -0.356 e. The summed E-state index contributed by atoms with van der Waals surface area (Å²) in [5.74, 6) is -0.197. The number of hydrogen-bond donors (Lipinski definition) is 1. The monoisotopic (exact) mass is 551 g/mol. The lowest BCUT2D eigenvalue weighted by molar-refractivity contribution is -0.125. The minimum absolute atomic E-state index is 0.0955. The highest BCUT2D eigenvalue weighted by molar-refractivity contribution is 7.26. The molecule has 1 N–H and O–H groups in total. The molecule has 0 radical (unpaired) electrons. The molecule has 0 bridgehead atoms. The molecule has 0 saturated carbocycles. The maximum absolute atomic E-state index is 13.5. The second kappa shape index (κ2) is 14.3. The number of aryl methyl sites for hydroxylation is 1. The van der Waals surface area contributed by atoms with Gasteiger partial charge in [-0.05, 0) is 38.3 Å². The summed E-state index contributed by atoms with van der Waals surface area (Å²) in [6.45, 7) is 5.70. The normalized spacial score (nSPS) is 12.7. The summed E-state index contributed by atoms with van der Waals surface area (Å²) in [6.07, 6.45) is 4.42. The number of unbranched alkanes of at least 4 members (excludes halogenated alkanes) is 3. The SMILES string of the molecule is CC(C)OPOCCCCCCNC(=O)CCC(=O)N1Cc2ccccc2-c2c(nnn2C)-c2ccccc21. The summed E-state index contributed by atoms with van der Waals surface area (Å²) in [6, 6.07) is 15.8. The molecule has 39 heavy (non-hydrogen) atoms. The molecule has 3 aromatic rings. The third kappa shape index (κ3) is 7.72. The summed E-state index contributed by atoms with van der Waals surface area (Å²) in [5, 5.41) is 11.7. The predicted molar refractivity (Wildman–Crippen MR) is 154 cm³/mol. The van der Waals surface area contributed by atoms with Gasteiger partial charge in [-0.25, -0.2) is 4.68 Å². The molecule has 4 rings (SSSR count). The molecule has 9 nitrogen and oxygen atoms in total. The molecule has 1 aliphatic rings. The summed E-state index contributed by atoms with van der Waals surface area (Å²) in [5.41, 5.74) is 5.31. The molecule has 2 aromatic carbocycles. The third-order valence-corrected chi connectivity index (χ3v) is 7.47. The van der Waals surface area contributed by atoms with E-state index in [1.54, 1.807) is 9.58 Å². The average Bonchev–Trinajstić information content (AvgIpc) is 3.30. The van der Waals surface area contributed by atoms with E-state index in [-0.39, 0.29) is 39.8 Å². The Morgan fingerprint density at radius 2 is 1.74 bits per heavy atom. The zero-order valence-electron chi connectivity index (χ0n) is 23.0. The van der Waals surface area contributed by atoms with Crippen molar-refractivity contribution in [1.82, 2.24) is 20.3 Å². The molecule has 2 amide bonds. The Balaban J connectivity index is 1.30. The first-order chi connectivity index (χ1) is 19.0. The molecule has 0 spiro atoms. The van der Waals surface area contributed by atoms with Gasteiger partial charge in [0.05, 0.1) is 30.6 Å². The standard InChI is InChI=1S/C29H38N5O4P/c1-21(2)38-39-37-19-11-5-4-10-18-30-26(35)16-17-27(36)34-20-22-12-6-7-13-23(22)29-28(31-32-33(29)3)24-14-8-9-15-25(24)34/h6-9,12-15,21,39H,4-5,10-11,16-20H2,1-3H3,(H,30,35). The molecular weight excluding hydrogens is 513 g/mol. The van der Waals surface area contributed by atoms with E-state index in [9.17, 15) is 9.59 Å². The number of para-hydroxylation sites is 1. The predicted octanol–water partition coefficient (Wildman–Crippen LogP) is 5.40. The molecule has 1 aromatic heterocycles. The van der Waals surface area contributed by atoms with Gasteiger partial charge in [-0.3, -0.25) is 9.59 Å². The smallest absolute Gasteiger partial charge is 0.227 e. The van der Waals surface area contributed by atoms with Crippen molar-refractivity contribution in [3.63, 3.8) is 0 Å². The Morgan fingerprint density at radius 3 is 2.56 bits per heavy atom. The first-order valence-electron chi connectivity index (χ1n) is 13.6. The molecule has 1 unspecified atom stereocenters. The highest BCUT2D eigenvalue weighted by Crippen LogP contribution is 2.40. The first kappa shape index (κ1) is 28.9. The van der Waals surface area contributed by atoms with Crippen LogP contribution in [-0.4, -0.2) is 46.1 Å². The summed E-state index contributed by atoms with van der Waals surface area (Å²) >= 11 is 0. The quantitative estimate of drug-likeness (QED) is 0.226. The number of carbonyl (C=O) groups is 2. The lowest BCUT2D eigenvalue weighted by atomic mass is 9.95. The van der Waals surface area contributed by atoms with Crippen LogP contribution in [0, 0.1) is 0 Å². The number of amides is 2. The molecular formula is C29H38N5O4P. The van der Waals surface area contributed by atoms with Gasteiger partial charge < -0.3 is 19.3 Å². The Kier molecular flexibility index (Phi) is 10.6. The van der Waals surface area contributed by atoms with E-state index in [2.05, 4.69) is 15.6 Å². The van der Waals surface area contributed by atoms with Crippen molar-refractivity contribution < 1.29 is 18.6 Å². The van der Waals surface area contributed by atoms with Crippen LogP contribution in [-0.2, 0) is 32.2 Å². The van der Waals surface area contributed by atoms with Gasteiger partial charge in [-0.2, -0.15) is 0 Å². The van der Waals surface area contributed by atoms with Gasteiger partial charge in [-0.15, -0.1) is 5.10 Å². The molecule has 0 fully saturated rings. The molecule has 1 atom stereocenters. The van der Waals surface area contributed by atoms with Crippen LogP contribution in [0.15, 0.2) is 48.5 Å². The van der Waals surface area contributed by atoms with Crippen LogP contribution >= 0.6 is 9.03 Å². The van der Waals surface area contributed by atoms with Gasteiger partial charge in [0, 0.05) is 37.6 Å². The zero-order valence-corrected chi connectivity index (χ0v) is 24.0. The molecule has 2 heterocycles. The van der Waals surface area contributed by atoms with Crippen molar-refractivity contribution in [3.05, 3.63) is 54.1 Å². The lowest BCUT2D eigenvalue weighted by Gasteiger charge is -2.28. The molecule has 10 heteroatoms. The van der Waals surface area contributed by atoms with E-state index in [1.165, 1.54) is 0 Å². The summed E-state index contributed by atoms with van der Waals surface area (Å²) in [7, 11) is 1.98. The third-order valence-electron chi connectivity index (χ3n) is 6.58. The van der Waals surface area contributed by atoms with Gasteiger partial charge in [0.2, 0.25) is 11.8 Å². The first-order valence-corrected chi connectivity index (χ1v) is 14.4. The van der Waals surface area contributed by atoms with Gasteiger partial charge in [0.25, 0.3) is 0 Å². The number of benzene rings is 2. The van der Waals surface area contributed by atoms with Crippen molar-refractivity contribution in [3.8, 4) is 22.5 Å². The van der Waals surface area contributed by atoms with Crippen molar-refractivity contribution in [2.24, 2.45) is 7.05 Å². The van der Waals surface area contributed by atoms with E-state index in [4.69, 9.17) is 9.05 Å². The topological polar surface area (TPSA) is 98.6 Å². The fourth-order valence-corrected chi connectivity index (χ4v) is 5.10. The van der Waals surface area contributed by atoms with Crippen LogP contribution < -0.4 is 10.2 Å². The second-order valence-corrected chi connectivity index (χ2v) is 10.6. The number of nitrogens with one attached hydrogen (secondary N) is 1. The fourth-order valence-electron chi connectivity index (χ4n) is 4.61. The van der Waals surface area contributed by atoms with Crippen molar-refractivity contribution in [2.45, 2.75) is 65.0 Å². The fraction of sp³-hybridized carbons (Fsp3) is 0.448. The highest BCUT2D eigenvalue weighted by atomic mass is 31.1. The molecule has 208 valence electrons. The molecule has 0 saturated heterocycles. The largest absolute Gasteiger partial charge is 0.356 e. The molecule has 1 aliphatic heterocycles. The number of hydrogen-bond acceptors (Lipinski definition) is 6. The number of fused-ring (bicyclic) bond motifs is 5. The number of aromatic nitrogens is 3. The summed E-state index contributed by atoms with van der Waals surface area (Å²) in [4.78, 5) is 27.8. The van der Waals surface area contributed by atoms with Crippen LogP contribution in [0.2, 0.25) is 0 Å². The second-order valence-electron chi connectivity index (χ2n) is 9.93. The van der Waals surface area contributed by atoms with Gasteiger partial charge in [0.15, 0.2) is 9.03 Å². The number of anilines is 1. The van der Waals surface area contributed by atoms with Crippen molar-refractivity contribution >= 4 is 26.5 Å². The van der Waals surface area contributed by atoms with Crippen LogP contribution in [0.5, 0.6) is 0 Å².